The second-order valence-electron chi connectivity index (χ2n) is 4.97. The van der Waals surface area contributed by atoms with Crippen molar-refractivity contribution in [3.63, 3.8) is 0 Å². The first kappa shape index (κ1) is 14.2. The Hall–Kier alpha value is -1.78. The molecule has 0 aliphatic carbocycles. The monoisotopic (exact) mass is 302 g/mol. The van der Waals surface area contributed by atoms with Crippen LogP contribution in [-0.4, -0.2) is 10.9 Å². The van der Waals surface area contributed by atoms with Crippen molar-refractivity contribution in [2.45, 2.75) is 17.9 Å². The van der Waals surface area contributed by atoms with E-state index in [1.807, 2.05) is 31.2 Å². The van der Waals surface area contributed by atoms with Crippen LogP contribution < -0.4 is 0 Å². The Bertz CT molecular complexity index is 749. The van der Waals surface area contributed by atoms with Crippen LogP contribution in [0.4, 0.5) is 4.39 Å². The molecule has 1 heterocycles. The van der Waals surface area contributed by atoms with Crippen LogP contribution in [0.1, 0.15) is 17.4 Å². The zero-order chi connectivity index (χ0) is 14.8. The number of fused-ring (bicyclic) bond motifs is 1. The predicted octanol–water partition coefficient (Wildman–Crippen LogP) is 4.71. The highest BCUT2D eigenvalue weighted by molar-refractivity contribution is 7.99. The Morgan fingerprint density at radius 3 is 2.67 bits per heavy atom. The Labute approximate surface area is 126 Å². The maximum Gasteiger partial charge on any atom is 0.134 e. The van der Waals surface area contributed by atoms with Crippen LogP contribution in [0.5, 0.6) is 0 Å². The van der Waals surface area contributed by atoms with E-state index in [2.05, 4.69) is 0 Å². The second-order valence-corrected chi connectivity index (χ2v) is 6.06. The average molecular weight is 302 g/mol. The summed E-state index contributed by atoms with van der Waals surface area (Å²) in [6, 6.07) is 14.0. The number of furan rings is 1. The van der Waals surface area contributed by atoms with Gasteiger partial charge in [0.2, 0.25) is 0 Å². The lowest BCUT2D eigenvalue weighted by Crippen LogP contribution is -1.98. The van der Waals surface area contributed by atoms with E-state index in [9.17, 15) is 9.50 Å². The summed E-state index contributed by atoms with van der Waals surface area (Å²) in [5.41, 5.74) is 1.94. The summed E-state index contributed by atoms with van der Waals surface area (Å²) >= 11 is 1.47. The largest absolute Gasteiger partial charge is 0.458 e. The van der Waals surface area contributed by atoms with Gasteiger partial charge < -0.3 is 9.52 Å². The molecule has 3 aromatic rings. The van der Waals surface area contributed by atoms with Crippen LogP contribution in [0.15, 0.2) is 57.8 Å². The minimum atomic E-state index is -0.687. The topological polar surface area (TPSA) is 33.4 Å². The Morgan fingerprint density at radius 1 is 1.14 bits per heavy atom. The highest BCUT2D eigenvalue weighted by Crippen LogP contribution is 2.29. The summed E-state index contributed by atoms with van der Waals surface area (Å²) in [5, 5.41) is 11.2. The quantitative estimate of drug-likeness (QED) is 0.709. The molecule has 0 spiro atoms. The van der Waals surface area contributed by atoms with E-state index < -0.39 is 6.10 Å². The summed E-state index contributed by atoms with van der Waals surface area (Å²) in [4.78, 5) is 0.919. The smallest absolute Gasteiger partial charge is 0.134 e. The Morgan fingerprint density at radius 2 is 1.90 bits per heavy atom. The number of benzene rings is 2. The van der Waals surface area contributed by atoms with E-state index >= 15 is 0 Å². The van der Waals surface area contributed by atoms with E-state index in [1.54, 1.807) is 12.1 Å². The molecule has 0 aliphatic heterocycles. The SMILES string of the molecule is Cc1ccc2oc(C(O)CSc3ccc(F)cc3)cc2c1. The van der Waals surface area contributed by atoms with E-state index in [-0.39, 0.29) is 5.82 Å². The van der Waals surface area contributed by atoms with Crippen molar-refractivity contribution in [3.05, 3.63) is 65.7 Å². The molecule has 0 radical (unpaired) electrons. The van der Waals surface area contributed by atoms with Gasteiger partial charge in [-0.3, -0.25) is 0 Å². The summed E-state index contributed by atoms with van der Waals surface area (Å²) < 4.78 is 18.5. The number of aryl methyl sites for hydroxylation is 1. The van der Waals surface area contributed by atoms with Gasteiger partial charge in [-0.15, -0.1) is 11.8 Å². The van der Waals surface area contributed by atoms with Crippen molar-refractivity contribution in [1.29, 1.82) is 0 Å². The predicted molar refractivity (Wildman–Crippen MR) is 83.0 cm³/mol. The van der Waals surface area contributed by atoms with Crippen molar-refractivity contribution in [2.75, 3.05) is 5.75 Å². The van der Waals surface area contributed by atoms with E-state index in [4.69, 9.17) is 4.42 Å². The number of hydrogen-bond donors (Lipinski definition) is 1. The van der Waals surface area contributed by atoms with Gasteiger partial charge in [-0.25, -0.2) is 4.39 Å². The number of hydrogen-bond acceptors (Lipinski definition) is 3. The third-order valence-corrected chi connectivity index (χ3v) is 4.33. The Kier molecular flexibility index (Phi) is 3.99. The van der Waals surface area contributed by atoms with E-state index in [0.717, 1.165) is 21.4 Å². The fraction of sp³-hybridized carbons (Fsp3) is 0.176. The van der Waals surface area contributed by atoms with E-state index in [1.165, 1.54) is 23.9 Å². The maximum absolute atomic E-state index is 12.8. The minimum absolute atomic E-state index is 0.257. The number of aliphatic hydroxyl groups is 1. The molecule has 3 rings (SSSR count). The molecule has 2 aromatic carbocycles. The maximum atomic E-state index is 12.8. The Balaban J connectivity index is 1.71. The van der Waals surface area contributed by atoms with Crippen LogP contribution in [0.25, 0.3) is 11.0 Å². The zero-order valence-corrected chi connectivity index (χ0v) is 12.4. The van der Waals surface area contributed by atoms with Crippen molar-refractivity contribution in [2.24, 2.45) is 0 Å². The molecule has 0 fully saturated rings. The lowest BCUT2D eigenvalue weighted by molar-refractivity contribution is 0.177. The molecule has 0 saturated carbocycles. The third kappa shape index (κ3) is 3.28. The van der Waals surface area contributed by atoms with Crippen molar-refractivity contribution >= 4 is 22.7 Å². The summed E-state index contributed by atoms with van der Waals surface area (Å²) in [6.45, 7) is 2.02. The molecule has 1 atom stereocenters. The van der Waals surface area contributed by atoms with Crippen LogP contribution in [0.2, 0.25) is 0 Å². The lowest BCUT2D eigenvalue weighted by atomic mass is 10.2. The van der Waals surface area contributed by atoms with Gasteiger partial charge in [-0.05, 0) is 49.4 Å². The highest BCUT2D eigenvalue weighted by Gasteiger charge is 2.14. The van der Waals surface area contributed by atoms with Crippen molar-refractivity contribution in [3.8, 4) is 0 Å². The molecule has 1 unspecified atom stereocenters. The fourth-order valence-electron chi connectivity index (χ4n) is 2.14. The first-order valence-corrected chi connectivity index (χ1v) is 7.67. The molecule has 0 saturated heterocycles. The van der Waals surface area contributed by atoms with Crippen molar-refractivity contribution < 1.29 is 13.9 Å². The van der Waals surface area contributed by atoms with Gasteiger partial charge in [0.1, 0.15) is 23.3 Å². The molecule has 4 heteroatoms. The lowest BCUT2D eigenvalue weighted by Gasteiger charge is -2.07. The molecule has 1 N–H and O–H groups in total. The van der Waals surface area contributed by atoms with Crippen molar-refractivity contribution in [1.82, 2.24) is 0 Å². The van der Waals surface area contributed by atoms with Gasteiger partial charge in [0, 0.05) is 16.0 Å². The van der Waals surface area contributed by atoms with Gasteiger partial charge in [0.15, 0.2) is 0 Å². The van der Waals surface area contributed by atoms with Gasteiger partial charge in [-0.2, -0.15) is 0 Å². The first-order chi connectivity index (χ1) is 10.1. The van der Waals surface area contributed by atoms with Gasteiger partial charge in [-0.1, -0.05) is 11.6 Å². The molecule has 108 valence electrons. The van der Waals surface area contributed by atoms with Crippen LogP contribution in [-0.2, 0) is 0 Å². The molecule has 0 amide bonds. The molecule has 0 bridgehead atoms. The average Bonchev–Trinajstić information content (AvgIpc) is 2.89. The normalized spacial score (nSPS) is 12.7. The zero-order valence-electron chi connectivity index (χ0n) is 11.5. The third-order valence-electron chi connectivity index (χ3n) is 3.24. The number of rotatable bonds is 4. The van der Waals surface area contributed by atoms with Crippen LogP contribution in [0.3, 0.4) is 0 Å². The number of thioether (sulfide) groups is 1. The summed E-state index contributed by atoms with van der Waals surface area (Å²) in [7, 11) is 0. The highest BCUT2D eigenvalue weighted by atomic mass is 32.2. The minimum Gasteiger partial charge on any atom is -0.458 e. The second kappa shape index (κ2) is 5.92. The van der Waals surface area contributed by atoms with Gasteiger partial charge in [0.05, 0.1) is 0 Å². The molecular formula is C17H15FO2S. The standard InChI is InChI=1S/C17H15FO2S/c1-11-2-7-16-12(8-11)9-17(20-16)15(19)10-21-14-5-3-13(18)4-6-14/h2-9,15,19H,10H2,1H3. The summed E-state index contributed by atoms with van der Waals surface area (Å²) in [5.74, 6) is 0.766. The molecule has 2 nitrogen and oxygen atoms in total. The number of halogens is 1. The molecule has 0 aliphatic rings. The van der Waals surface area contributed by atoms with Crippen LogP contribution in [0, 0.1) is 12.7 Å². The molecule has 1 aromatic heterocycles. The summed E-state index contributed by atoms with van der Waals surface area (Å²) in [6.07, 6.45) is -0.687. The number of aliphatic hydroxyl groups excluding tert-OH is 1. The van der Waals surface area contributed by atoms with Gasteiger partial charge >= 0.3 is 0 Å². The van der Waals surface area contributed by atoms with E-state index in [0.29, 0.717) is 11.5 Å². The molecule has 21 heavy (non-hydrogen) atoms. The van der Waals surface area contributed by atoms with Gasteiger partial charge in [0.25, 0.3) is 0 Å². The first-order valence-electron chi connectivity index (χ1n) is 6.68. The fourth-order valence-corrected chi connectivity index (χ4v) is 2.98. The van der Waals surface area contributed by atoms with Crippen LogP contribution >= 0.6 is 11.8 Å². The molecular weight excluding hydrogens is 287 g/mol.